The molecule has 0 spiro atoms. The predicted octanol–water partition coefficient (Wildman–Crippen LogP) is 3.76. The van der Waals surface area contributed by atoms with Crippen molar-refractivity contribution in [3.8, 4) is 6.07 Å². The van der Waals surface area contributed by atoms with Crippen LogP contribution < -0.4 is 0 Å². The van der Waals surface area contributed by atoms with E-state index in [1.54, 1.807) is 6.20 Å². The summed E-state index contributed by atoms with van der Waals surface area (Å²) in [4.78, 5) is 6.41. The molecule has 1 aromatic carbocycles. The number of nitriles is 1. The molecule has 0 saturated carbocycles. The fourth-order valence-electron chi connectivity index (χ4n) is 2.04. The molecule has 1 aromatic heterocycles. The number of benzene rings is 1. The number of halogens is 1. The van der Waals surface area contributed by atoms with E-state index < -0.39 is 0 Å². The van der Waals surface area contributed by atoms with Crippen molar-refractivity contribution in [3.63, 3.8) is 0 Å². The molecule has 102 valence electrons. The van der Waals surface area contributed by atoms with Crippen LogP contribution in [-0.4, -0.2) is 16.4 Å². The van der Waals surface area contributed by atoms with E-state index in [0.29, 0.717) is 6.42 Å². The van der Waals surface area contributed by atoms with Crippen LogP contribution in [0, 0.1) is 11.3 Å². The van der Waals surface area contributed by atoms with Crippen molar-refractivity contribution in [1.29, 1.82) is 5.26 Å². The van der Waals surface area contributed by atoms with Crippen molar-refractivity contribution in [2.75, 3.05) is 6.54 Å². The minimum atomic E-state index is 0.532. The van der Waals surface area contributed by atoms with Crippen LogP contribution in [0.4, 0.5) is 0 Å². The topological polar surface area (TPSA) is 39.9 Å². The van der Waals surface area contributed by atoms with Gasteiger partial charge in [0.15, 0.2) is 0 Å². The van der Waals surface area contributed by atoms with E-state index in [1.807, 2.05) is 30.5 Å². The first-order valence-corrected chi connectivity index (χ1v) is 7.30. The third-order valence-electron chi connectivity index (χ3n) is 3.02. The van der Waals surface area contributed by atoms with E-state index in [0.717, 1.165) is 29.7 Å². The third kappa shape index (κ3) is 4.44. The number of aromatic nitrogens is 1. The van der Waals surface area contributed by atoms with Crippen LogP contribution in [0.25, 0.3) is 0 Å². The molecule has 2 rings (SSSR count). The van der Waals surface area contributed by atoms with Crippen LogP contribution in [0.1, 0.15) is 17.5 Å². The Morgan fingerprint density at radius 1 is 1.15 bits per heavy atom. The molecule has 2 aromatic rings. The highest BCUT2D eigenvalue weighted by Gasteiger charge is 2.09. The van der Waals surface area contributed by atoms with Crippen molar-refractivity contribution < 1.29 is 0 Å². The molecule has 20 heavy (non-hydrogen) atoms. The summed E-state index contributed by atoms with van der Waals surface area (Å²) in [5, 5.41) is 8.80. The lowest BCUT2D eigenvalue weighted by atomic mass is 10.2. The van der Waals surface area contributed by atoms with Gasteiger partial charge in [-0.2, -0.15) is 5.26 Å². The van der Waals surface area contributed by atoms with E-state index in [1.165, 1.54) is 5.56 Å². The maximum atomic E-state index is 8.80. The summed E-state index contributed by atoms with van der Waals surface area (Å²) in [5.41, 5.74) is 2.40. The van der Waals surface area contributed by atoms with Gasteiger partial charge in [-0.05, 0) is 23.3 Å². The largest absolute Gasteiger partial charge is 0.294 e. The van der Waals surface area contributed by atoms with Crippen LogP contribution >= 0.6 is 15.9 Å². The molecule has 0 aliphatic rings. The fraction of sp³-hybridized carbons (Fsp3) is 0.250. The number of pyridine rings is 1. The molecule has 3 nitrogen and oxygen atoms in total. The SMILES string of the molecule is N#CCCN(Cc1cccnc1)Cc1ccccc1Br. The van der Waals surface area contributed by atoms with Gasteiger partial charge in [0.05, 0.1) is 6.07 Å². The highest BCUT2D eigenvalue weighted by atomic mass is 79.9. The molecule has 0 N–H and O–H groups in total. The molecule has 0 fully saturated rings. The maximum Gasteiger partial charge on any atom is 0.0635 e. The lowest BCUT2D eigenvalue weighted by Crippen LogP contribution is -2.24. The second kappa shape index (κ2) is 7.78. The second-order valence-corrected chi connectivity index (χ2v) is 5.43. The van der Waals surface area contributed by atoms with Crippen molar-refractivity contribution in [2.24, 2.45) is 0 Å². The molecule has 0 unspecified atom stereocenters. The minimum Gasteiger partial charge on any atom is -0.294 e. The molecule has 1 heterocycles. The Balaban J connectivity index is 2.08. The van der Waals surface area contributed by atoms with Crippen LogP contribution in [0.15, 0.2) is 53.3 Å². The highest BCUT2D eigenvalue weighted by molar-refractivity contribution is 9.10. The zero-order valence-electron chi connectivity index (χ0n) is 11.2. The maximum absolute atomic E-state index is 8.80. The molecule has 0 atom stereocenters. The first-order chi connectivity index (χ1) is 9.79. The fourth-order valence-corrected chi connectivity index (χ4v) is 2.45. The predicted molar refractivity (Wildman–Crippen MR) is 82.7 cm³/mol. The van der Waals surface area contributed by atoms with Crippen molar-refractivity contribution in [2.45, 2.75) is 19.5 Å². The molecule has 4 heteroatoms. The second-order valence-electron chi connectivity index (χ2n) is 4.57. The van der Waals surface area contributed by atoms with Gasteiger partial charge < -0.3 is 0 Å². The summed E-state index contributed by atoms with van der Waals surface area (Å²) >= 11 is 3.57. The molecular formula is C16H16BrN3. The molecule has 0 aliphatic carbocycles. The Morgan fingerprint density at radius 3 is 2.70 bits per heavy atom. The Bertz CT molecular complexity index is 578. The van der Waals surface area contributed by atoms with Crippen molar-refractivity contribution >= 4 is 15.9 Å². The van der Waals surface area contributed by atoms with Crippen LogP contribution in [0.5, 0.6) is 0 Å². The number of nitrogens with zero attached hydrogens (tertiary/aromatic N) is 3. The van der Waals surface area contributed by atoms with Gasteiger partial charge in [-0.3, -0.25) is 9.88 Å². The van der Waals surface area contributed by atoms with E-state index in [4.69, 9.17) is 5.26 Å². The summed E-state index contributed by atoms with van der Waals surface area (Å²) in [6.07, 6.45) is 4.18. The monoisotopic (exact) mass is 329 g/mol. The molecule has 0 saturated heterocycles. The average molecular weight is 330 g/mol. The molecule has 0 amide bonds. The van der Waals surface area contributed by atoms with Gasteiger partial charge in [-0.1, -0.05) is 40.2 Å². The number of hydrogen-bond donors (Lipinski definition) is 0. The number of rotatable bonds is 6. The lowest BCUT2D eigenvalue weighted by Gasteiger charge is -2.21. The molecule has 0 aliphatic heterocycles. The molecule has 0 radical (unpaired) electrons. The van der Waals surface area contributed by atoms with Gasteiger partial charge in [-0.25, -0.2) is 0 Å². The van der Waals surface area contributed by atoms with Gasteiger partial charge in [0.2, 0.25) is 0 Å². The van der Waals surface area contributed by atoms with Gasteiger partial charge in [0, 0.05) is 42.9 Å². The quantitative estimate of drug-likeness (QED) is 0.810. The van der Waals surface area contributed by atoms with E-state index in [-0.39, 0.29) is 0 Å². The molecular weight excluding hydrogens is 314 g/mol. The van der Waals surface area contributed by atoms with Crippen LogP contribution in [0.2, 0.25) is 0 Å². The summed E-state index contributed by atoms with van der Waals surface area (Å²) < 4.78 is 1.10. The Labute approximate surface area is 128 Å². The first-order valence-electron chi connectivity index (χ1n) is 6.51. The standard InChI is InChI=1S/C16H16BrN3/c17-16-7-2-1-6-15(16)13-20(10-4-8-18)12-14-5-3-9-19-11-14/h1-3,5-7,9,11H,4,10,12-13H2. The number of hydrogen-bond acceptors (Lipinski definition) is 3. The Morgan fingerprint density at radius 2 is 2.00 bits per heavy atom. The molecule has 0 bridgehead atoms. The smallest absolute Gasteiger partial charge is 0.0635 e. The first kappa shape index (κ1) is 14.7. The normalized spacial score (nSPS) is 10.4. The van der Waals surface area contributed by atoms with Gasteiger partial charge in [0.25, 0.3) is 0 Å². The van der Waals surface area contributed by atoms with Gasteiger partial charge in [0.1, 0.15) is 0 Å². The van der Waals surface area contributed by atoms with E-state index in [2.05, 4.69) is 44.0 Å². The van der Waals surface area contributed by atoms with Gasteiger partial charge in [-0.15, -0.1) is 0 Å². The van der Waals surface area contributed by atoms with Crippen LogP contribution in [-0.2, 0) is 13.1 Å². The Kier molecular flexibility index (Phi) is 5.72. The average Bonchev–Trinajstić information content (AvgIpc) is 2.48. The van der Waals surface area contributed by atoms with Crippen molar-refractivity contribution in [1.82, 2.24) is 9.88 Å². The van der Waals surface area contributed by atoms with E-state index in [9.17, 15) is 0 Å². The van der Waals surface area contributed by atoms with Gasteiger partial charge >= 0.3 is 0 Å². The summed E-state index contributed by atoms with van der Waals surface area (Å²) in [6.45, 7) is 2.38. The minimum absolute atomic E-state index is 0.532. The summed E-state index contributed by atoms with van der Waals surface area (Å²) in [7, 11) is 0. The van der Waals surface area contributed by atoms with Crippen LogP contribution in [0.3, 0.4) is 0 Å². The zero-order chi connectivity index (χ0) is 14.2. The zero-order valence-corrected chi connectivity index (χ0v) is 12.8. The summed E-state index contributed by atoms with van der Waals surface area (Å²) in [5.74, 6) is 0. The third-order valence-corrected chi connectivity index (χ3v) is 3.79. The lowest BCUT2D eigenvalue weighted by molar-refractivity contribution is 0.262. The van der Waals surface area contributed by atoms with E-state index >= 15 is 0 Å². The summed E-state index contributed by atoms with van der Waals surface area (Å²) in [6, 6.07) is 14.4. The van der Waals surface area contributed by atoms with Crippen molar-refractivity contribution in [3.05, 3.63) is 64.4 Å². The highest BCUT2D eigenvalue weighted by Crippen LogP contribution is 2.19. The Hall–Kier alpha value is -1.70.